The number of phenols is 1. The first-order chi connectivity index (χ1) is 6.12. The van der Waals surface area contributed by atoms with Gasteiger partial charge in [0, 0.05) is 5.56 Å². The third kappa shape index (κ3) is 1.42. The van der Waals surface area contributed by atoms with Gasteiger partial charge in [-0.2, -0.15) is 0 Å². The van der Waals surface area contributed by atoms with Crippen LogP contribution in [-0.2, 0) is 0 Å². The Kier molecular flexibility index (Phi) is 1.63. The second-order valence-electron chi connectivity index (χ2n) is 3.53. The number of aromatic hydroxyl groups is 1. The third-order valence-corrected chi connectivity index (χ3v) is 2.37. The molecule has 3 N–H and O–H groups in total. The minimum Gasteiger partial charge on any atom is -0.508 e. The van der Waals surface area contributed by atoms with Crippen molar-refractivity contribution in [1.29, 1.82) is 0 Å². The second-order valence-corrected chi connectivity index (χ2v) is 3.53. The van der Waals surface area contributed by atoms with E-state index in [0.717, 1.165) is 12.8 Å². The molecule has 1 fully saturated rings. The average Bonchev–Trinajstić information content (AvgIpc) is 2.85. The molecule has 3 nitrogen and oxygen atoms in total. The number of Topliss-reactive ketones (excluding diaryl/α,β-unsaturated/α-hetero) is 1. The molecule has 0 aromatic heterocycles. The lowest BCUT2D eigenvalue weighted by molar-refractivity contribution is 0.0949. The Morgan fingerprint density at radius 2 is 1.85 bits per heavy atom. The smallest absolute Gasteiger partial charge is 0.182 e. The summed E-state index contributed by atoms with van der Waals surface area (Å²) < 4.78 is 0. The summed E-state index contributed by atoms with van der Waals surface area (Å²) in [6.07, 6.45) is 1.54. The van der Waals surface area contributed by atoms with E-state index in [1.807, 2.05) is 0 Å². The lowest BCUT2D eigenvalue weighted by atomic mass is 10.0. The maximum absolute atomic E-state index is 11.6. The summed E-state index contributed by atoms with van der Waals surface area (Å²) in [4.78, 5) is 11.6. The third-order valence-electron chi connectivity index (χ3n) is 2.37. The molecule has 0 spiro atoms. The lowest BCUT2D eigenvalue weighted by Gasteiger charge is -2.06. The highest BCUT2D eigenvalue weighted by molar-refractivity contribution is 6.05. The maximum Gasteiger partial charge on any atom is 0.182 e. The number of carbonyl (C=O) groups excluding carboxylic acids is 1. The monoisotopic (exact) mass is 177 g/mol. The van der Waals surface area contributed by atoms with Crippen LogP contribution < -0.4 is 5.73 Å². The second kappa shape index (κ2) is 2.57. The Hall–Kier alpha value is -1.35. The number of carbonyl (C=O) groups is 1. The first-order valence-corrected chi connectivity index (χ1v) is 4.24. The van der Waals surface area contributed by atoms with Gasteiger partial charge in [0.1, 0.15) is 5.75 Å². The summed E-state index contributed by atoms with van der Waals surface area (Å²) in [6, 6.07) is 6.20. The molecule has 0 heterocycles. The number of ketones is 1. The van der Waals surface area contributed by atoms with E-state index in [1.54, 1.807) is 12.1 Å². The lowest BCUT2D eigenvalue weighted by Crippen LogP contribution is -2.32. The predicted molar refractivity (Wildman–Crippen MR) is 48.6 cm³/mol. The SMILES string of the molecule is NC1(C(=O)c2ccc(O)cc2)CC1. The Labute approximate surface area is 76.2 Å². The van der Waals surface area contributed by atoms with Crippen molar-refractivity contribution in [3.05, 3.63) is 29.8 Å². The van der Waals surface area contributed by atoms with E-state index in [0.29, 0.717) is 5.56 Å². The van der Waals surface area contributed by atoms with Crippen LogP contribution >= 0.6 is 0 Å². The molecule has 2 rings (SSSR count). The normalized spacial score (nSPS) is 18.2. The van der Waals surface area contributed by atoms with Crippen LogP contribution in [0.5, 0.6) is 5.75 Å². The van der Waals surface area contributed by atoms with Crippen molar-refractivity contribution in [3.8, 4) is 5.75 Å². The summed E-state index contributed by atoms with van der Waals surface area (Å²) in [5, 5.41) is 9.01. The topological polar surface area (TPSA) is 63.3 Å². The fourth-order valence-corrected chi connectivity index (χ4v) is 1.26. The van der Waals surface area contributed by atoms with Crippen LogP contribution in [0.3, 0.4) is 0 Å². The molecule has 0 aliphatic heterocycles. The first kappa shape index (κ1) is 8.26. The molecule has 3 heteroatoms. The Morgan fingerprint density at radius 3 is 2.31 bits per heavy atom. The van der Waals surface area contributed by atoms with Gasteiger partial charge in [-0.25, -0.2) is 0 Å². The van der Waals surface area contributed by atoms with Crippen molar-refractivity contribution in [2.45, 2.75) is 18.4 Å². The van der Waals surface area contributed by atoms with Crippen LogP contribution in [-0.4, -0.2) is 16.4 Å². The van der Waals surface area contributed by atoms with Crippen LogP contribution in [0.25, 0.3) is 0 Å². The van der Waals surface area contributed by atoms with E-state index in [2.05, 4.69) is 0 Å². The Bertz CT molecular complexity index is 338. The molecule has 68 valence electrons. The van der Waals surface area contributed by atoms with Gasteiger partial charge >= 0.3 is 0 Å². The minimum absolute atomic E-state index is 0.0208. The van der Waals surface area contributed by atoms with Crippen LogP contribution in [0.1, 0.15) is 23.2 Å². The van der Waals surface area contributed by atoms with Crippen molar-refractivity contribution in [2.75, 3.05) is 0 Å². The molecule has 0 atom stereocenters. The zero-order valence-electron chi connectivity index (χ0n) is 7.16. The van der Waals surface area contributed by atoms with Gasteiger partial charge in [0.2, 0.25) is 0 Å². The number of benzene rings is 1. The average molecular weight is 177 g/mol. The number of rotatable bonds is 2. The molecule has 0 unspecified atom stereocenters. The molecule has 1 aliphatic rings. The van der Waals surface area contributed by atoms with E-state index >= 15 is 0 Å². The van der Waals surface area contributed by atoms with E-state index in [9.17, 15) is 4.79 Å². The molecule has 0 bridgehead atoms. The molecule has 13 heavy (non-hydrogen) atoms. The van der Waals surface area contributed by atoms with Gasteiger partial charge in [-0.15, -0.1) is 0 Å². The minimum atomic E-state index is -0.614. The van der Waals surface area contributed by atoms with E-state index in [1.165, 1.54) is 12.1 Å². The molecule has 1 aromatic rings. The molecule has 0 saturated heterocycles. The molecule has 0 amide bonds. The molecular formula is C10H11NO2. The first-order valence-electron chi connectivity index (χ1n) is 4.24. The zero-order chi connectivity index (χ0) is 9.47. The molecule has 1 saturated carbocycles. The number of nitrogens with two attached hydrogens (primary N) is 1. The van der Waals surface area contributed by atoms with Gasteiger partial charge < -0.3 is 10.8 Å². The summed E-state index contributed by atoms with van der Waals surface area (Å²) in [7, 11) is 0. The molecule has 1 aromatic carbocycles. The largest absolute Gasteiger partial charge is 0.508 e. The summed E-state index contributed by atoms with van der Waals surface area (Å²) in [6.45, 7) is 0. The maximum atomic E-state index is 11.6. The van der Waals surface area contributed by atoms with Crippen molar-refractivity contribution in [1.82, 2.24) is 0 Å². The summed E-state index contributed by atoms with van der Waals surface area (Å²) in [5.41, 5.74) is 5.72. The van der Waals surface area contributed by atoms with Gasteiger partial charge in [0.05, 0.1) is 5.54 Å². The van der Waals surface area contributed by atoms with Crippen molar-refractivity contribution in [2.24, 2.45) is 5.73 Å². The molecule has 1 aliphatic carbocycles. The quantitative estimate of drug-likeness (QED) is 0.664. The fourth-order valence-electron chi connectivity index (χ4n) is 1.26. The molecular weight excluding hydrogens is 166 g/mol. The van der Waals surface area contributed by atoms with Gasteiger partial charge in [0.15, 0.2) is 5.78 Å². The van der Waals surface area contributed by atoms with Crippen molar-refractivity contribution >= 4 is 5.78 Å². The fraction of sp³-hybridized carbons (Fsp3) is 0.300. The highest BCUT2D eigenvalue weighted by Gasteiger charge is 2.45. The zero-order valence-corrected chi connectivity index (χ0v) is 7.16. The Morgan fingerprint density at radius 1 is 1.31 bits per heavy atom. The summed E-state index contributed by atoms with van der Waals surface area (Å²) in [5.74, 6) is 0.144. The highest BCUT2D eigenvalue weighted by Crippen LogP contribution is 2.35. The molecule has 0 radical (unpaired) electrons. The van der Waals surface area contributed by atoms with Crippen molar-refractivity contribution in [3.63, 3.8) is 0 Å². The number of phenolic OH excluding ortho intramolecular Hbond substituents is 1. The predicted octanol–water partition coefficient (Wildman–Crippen LogP) is 1.07. The number of hydrogen-bond acceptors (Lipinski definition) is 3. The highest BCUT2D eigenvalue weighted by atomic mass is 16.3. The Balaban J connectivity index is 2.26. The number of hydrogen-bond donors (Lipinski definition) is 2. The van der Waals surface area contributed by atoms with Gasteiger partial charge in [-0.05, 0) is 37.1 Å². The summed E-state index contributed by atoms with van der Waals surface area (Å²) >= 11 is 0. The van der Waals surface area contributed by atoms with E-state index in [-0.39, 0.29) is 11.5 Å². The standard InChI is InChI=1S/C10H11NO2/c11-10(5-6-10)9(13)7-1-3-8(12)4-2-7/h1-4,12H,5-6,11H2. The van der Waals surface area contributed by atoms with Crippen LogP contribution in [0.15, 0.2) is 24.3 Å². The van der Waals surface area contributed by atoms with Crippen molar-refractivity contribution < 1.29 is 9.90 Å². The van der Waals surface area contributed by atoms with Gasteiger partial charge in [0.25, 0.3) is 0 Å². The van der Waals surface area contributed by atoms with Crippen LogP contribution in [0.4, 0.5) is 0 Å². The van der Waals surface area contributed by atoms with Crippen LogP contribution in [0, 0.1) is 0 Å². The van der Waals surface area contributed by atoms with E-state index in [4.69, 9.17) is 10.8 Å². The van der Waals surface area contributed by atoms with Gasteiger partial charge in [-0.1, -0.05) is 0 Å². The van der Waals surface area contributed by atoms with Gasteiger partial charge in [-0.3, -0.25) is 4.79 Å². The van der Waals surface area contributed by atoms with Crippen LogP contribution in [0.2, 0.25) is 0 Å². The van der Waals surface area contributed by atoms with E-state index < -0.39 is 5.54 Å².